The van der Waals surface area contributed by atoms with Crippen molar-refractivity contribution in [1.82, 2.24) is 0 Å². The van der Waals surface area contributed by atoms with Crippen molar-refractivity contribution in [3.8, 4) is 5.75 Å². The molecule has 1 N–H and O–H groups in total. The lowest BCUT2D eigenvalue weighted by atomic mass is 10.1. The first kappa shape index (κ1) is 21.2. The number of benzene rings is 3. The van der Waals surface area contributed by atoms with Crippen LogP contribution >= 0.6 is 23.4 Å². The summed E-state index contributed by atoms with van der Waals surface area (Å²) in [6.07, 6.45) is 0.529. The first-order chi connectivity index (χ1) is 15.1. The molecule has 4 rings (SSSR count). The molecule has 1 aliphatic rings. The topological polar surface area (TPSA) is 63.1 Å². The molecule has 0 fully saturated rings. The van der Waals surface area contributed by atoms with Crippen LogP contribution < -0.4 is 10.1 Å². The zero-order valence-corrected chi connectivity index (χ0v) is 18.4. The maximum atomic E-state index is 12.4. The van der Waals surface area contributed by atoms with Gasteiger partial charge in [0.2, 0.25) is 5.91 Å². The van der Waals surface area contributed by atoms with Crippen molar-refractivity contribution in [3.63, 3.8) is 0 Å². The number of methoxy groups -OCH3 is 1. The molecular formula is C24H20ClN3O2S. The van der Waals surface area contributed by atoms with Gasteiger partial charge in [0, 0.05) is 22.7 Å². The summed E-state index contributed by atoms with van der Waals surface area (Å²) >= 11 is 7.31. The van der Waals surface area contributed by atoms with E-state index in [4.69, 9.17) is 26.3 Å². The number of aliphatic imine (C=N–C) groups is 2. The molecule has 0 unspecified atom stereocenters. The zero-order valence-electron chi connectivity index (χ0n) is 16.8. The number of ether oxygens (including phenoxy) is 1. The molecule has 0 radical (unpaired) electrons. The minimum atomic E-state index is -0.104. The average Bonchev–Trinajstić information content (AvgIpc) is 2.98. The van der Waals surface area contributed by atoms with E-state index >= 15 is 0 Å². The number of carbonyl (C=O) groups excluding carboxylic acids is 1. The molecule has 3 aromatic carbocycles. The number of anilines is 1. The van der Waals surface area contributed by atoms with E-state index in [-0.39, 0.29) is 11.7 Å². The summed E-state index contributed by atoms with van der Waals surface area (Å²) in [4.78, 5) is 22.1. The van der Waals surface area contributed by atoms with Crippen LogP contribution in [0.25, 0.3) is 0 Å². The number of carbonyl (C=O) groups is 1. The Morgan fingerprint density at radius 2 is 1.77 bits per heavy atom. The fourth-order valence-corrected chi connectivity index (χ4v) is 3.98. The predicted molar refractivity (Wildman–Crippen MR) is 130 cm³/mol. The van der Waals surface area contributed by atoms with E-state index in [0.717, 1.165) is 33.4 Å². The van der Waals surface area contributed by atoms with Crippen molar-refractivity contribution in [3.05, 3.63) is 83.4 Å². The van der Waals surface area contributed by atoms with Crippen LogP contribution in [0.3, 0.4) is 0 Å². The fraction of sp³-hybridized carbons (Fsp3) is 0.125. The van der Waals surface area contributed by atoms with Crippen LogP contribution in [0.4, 0.5) is 17.1 Å². The number of thioether (sulfide) groups is 1. The van der Waals surface area contributed by atoms with Gasteiger partial charge in [-0.15, -0.1) is 11.8 Å². The number of halogens is 1. The highest BCUT2D eigenvalue weighted by molar-refractivity contribution is 8.14. The molecule has 0 saturated heterocycles. The van der Waals surface area contributed by atoms with E-state index in [1.807, 2.05) is 48.5 Å². The van der Waals surface area contributed by atoms with Gasteiger partial charge >= 0.3 is 0 Å². The van der Waals surface area contributed by atoms with Gasteiger partial charge in [0.05, 0.1) is 35.0 Å². The quantitative estimate of drug-likeness (QED) is 0.498. The molecule has 0 atom stereocenters. The number of nitrogens with one attached hydrogen (secondary N) is 1. The lowest BCUT2D eigenvalue weighted by molar-refractivity contribution is -0.113. The highest BCUT2D eigenvalue weighted by Crippen LogP contribution is 2.33. The van der Waals surface area contributed by atoms with Gasteiger partial charge in [0.25, 0.3) is 0 Å². The number of hydrogen-bond acceptors (Lipinski definition) is 5. The maximum Gasteiger partial charge on any atom is 0.234 e. The zero-order chi connectivity index (χ0) is 21.6. The largest absolute Gasteiger partial charge is 0.497 e. The van der Waals surface area contributed by atoms with Crippen molar-refractivity contribution in [2.24, 2.45) is 9.98 Å². The maximum absolute atomic E-state index is 12.4. The van der Waals surface area contributed by atoms with Crippen LogP contribution in [0, 0.1) is 0 Å². The van der Waals surface area contributed by atoms with Gasteiger partial charge in [-0.2, -0.15) is 0 Å². The van der Waals surface area contributed by atoms with Crippen LogP contribution in [-0.2, 0) is 4.79 Å². The van der Waals surface area contributed by atoms with E-state index in [2.05, 4.69) is 5.32 Å². The molecule has 7 heteroatoms. The lowest BCUT2D eigenvalue weighted by Gasteiger charge is -2.09. The van der Waals surface area contributed by atoms with E-state index in [0.29, 0.717) is 17.1 Å². The molecule has 156 valence electrons. The van der Waals surface area contributed by atoms with Crippen LogP contribution in [-0.4, -0.2) is 29.5 Å². The van der Waals surface area contributed by atoms with Crippen molar-refractivity contribution in [2.45, 2.75) is 6.42 Å². The van der Waals surface area contributed by atoms with Gasteiger partial charge in [0.1, 0.15) is 5.75 Å². The Morgan fingerprint density at radius 1 is 1.03 bits per heavy atom. The highest BCUT2D eigenvalue weighted by Gasteiger charge is 2.17. The minimum Gasteiger partial charge on any atom is -0.497 e. The molecule has 0 aromatic heterocycles. The Bertz CT molecular complexity index is 1160. The molecule has 3 aromatic rings. The van der Waals surface area contributed by atoms with Gasteiger partial charge < -0.3 is 10.1 Å². The Hall–Kier alpha value is -3.09. The molecule has 1 amide bonds. The second kappa shape index (κ2) is 9.81. The third kappa shape index (κ3) is 5.54. The molecule has 5 nitrogen and oxygen atoms in total. The second-order valence-corrected chi connectivity index (χ2v) is 8.29. The van der Waals surface area contributed by atoms with Crippen LogP contribution in [0.2, 0.25) is 5.02 Å². The van der Waals surface area contributed by atoms with Crippen molar-refractivity contribution in [1.29, 1.82) is 0 Å². The van der Waals surface area contributed by atoms with Crippen LogP contribution in [0.5, 0.6) is 5.75 Å². The Labute approximate surface area is 190 Å². The molecule has 0 spiro atoms. The smallest absolute Gasteiger partial charge is 0.234 e. The molecule has 1 aliphatic heterocycles. The SMILES string of the molecule is COc1cccc(C2=Nc3ccccc3N=C(SCC(=O)Nc3ccc(Cl)cc3)C2)c1. The molecule has 1 heterocycles. The van der Waals surface area contributed by atoms with Gasteiger partial charge in [0.15, 0.2) is 0 Å². The van der Waals surface area contributed by atoms with Crippen LogP contribution in [0.1, 0.15) is 12.0 Å². The fourth-order valence-electron chi connectivity index (χ4n) is 3.09. The summed E-state index contributed by atoms with van der Waals surface area (Å²) in [5.41, 5.74) is 4.16. The lowest BCUT2D eigenvalue weighted by Crippen LogP contribution is -2.16. The van der Waals surface area contributed by atoms with E-state index in [9.17, 15) is 4.79 Å². The van der Waals surface area contributed by atoms with Crippen molar-refractivity contribution < 1.29 is 9.53 Å². The van der Waals surface area contributed by atoms with Crippen LogP contribution in [0.15, 0.2) is 82.8 Å². The first-order valence-corrected chi connectivity index (χ1v) is 11.0. The summed E-state index contributed by atoms with van der Waals surface area (Å²) in [6.45, 7) is 0. The molecule has 0 aliphatic carbocycles. The highest BCUT2D eigenvalue weighted by atomic mass is 35.5. The summed E-state index contributed by atoms with van der Waals surface area (Å²) in [5.74, 6) is 0.910. The van der Waals surface area contributed by atoms with Gasteiger partial charge in [-0.25, -0.2) is 4.99 Å². The monoisotopic (exact) mass is 449 g/mol. The Morgan fingerprint density at radius 3 is 2.52 bits per heavy atom. The van der Waals surface area contributed by atoms with Gasteiger partial charge in [-0.05, 0) is 48.5 Å². The number of hydrogen-bond donors (Lipinski definition) is 1. The third-order valence-electron chi connectivity index (χ3n) is 4.60. The first-order valence-electron chi connectivity index (χ1n) is 9.67. The number of rotatable bonds is 5. The summed E-state index contributed by atoms with van der Waals surface area (Å²) in [6, 6.07) is 22.6. The standard InChI is InChI=1S/C24H20ClN3O2S/c1-30-19-6-4-5-16(13-19)22-14-24(28-21-8-3-2-7-20(21)27-22)31-15-23(29)26-18-11-9-17(25)10-12-18/h2-13H,14-15H2,1H3,(H,26,29). The number of nitrogens with zero attached hydrogens (tertiary/aromatic N) is 2. The minimum absolute atomic E-state index is 0.104. The Balaban J connectivity index is 1.53. The second-order valence-electron chi connectivity index (χ2n) is 6.81. The normalized spacial score (nSPS) is 12.8. The third-order valence-corrected chi connectivity index (χ3v) is 5.83. The van der Waals surface area contributed by atoms with E-state index < -0.39 is 0 Å². The summed E-state index contributed by atoms with van der Waals surface area (Å²) in [7, 11) is 1.64. The number of para-hydroxylation sites is 2. The number of fused-ring (bicyclic) bond motifs is 1. The van der Waals surface area contributed by atoms with E-state index in [1.165, 1.54) is 11.8 Å². The predicted octanol–water partition coefficient (Wildman–Crippen LogP) is 6.28. The van der Waals surface area contributed by atoms with Crippen molar-refractivity contribution in [2.75, 3.05) is 18.2 Å². The van der Waals surface area contributed by atoms with Crippen molar-refractivity contribution >= 4 is 57.1 Å². The van der Waals surface area contributed by atoms with E-state index in [1.54, 1.807) is 31.4 Å². The average molecular weight is 450 g/mol. The van der Waals surface area contributed by atoms with Gasteiger partial charge in [-0.1, -0.05) is 35.9 Å². The number of amides is 1. The molecule has 0 saturated carbocycles. The molecular weight excluding hydrogens is 430 g/mol. The van der Waals surface area contributed by atoms with Gasteiger partial charge in [-0.3, -0.25) is 9.79 Å². The molecule has 31 heavy (non-hydrogen) atoms. The summed E-state index contributed by atoms with van der Waals surface area (Å²) < 4.78 is 5.36. The molecule has 0 bridgehead atoms. The Kier molecular flexibility index (Phi) is 6.70. The summed E-state index contributed by atoms with van der Waals surface area (Å²) in [5, 5.41) is 4.34.